The fraction of sp³-hybridized carbons (Fsp3) is 0.818. The second-order valence-corrected chi connectivity index (χ2v) is 21.2. The van der Waals surface area contributed by atoms with Gasteiger partial charge in [-0.15, -0.1) is 0 Å². The Balaban J connectivity index is 1.23. The van der Waals surface area contributed by atoms with E-state index in [1.165, 1.54) is 0 Å². The molecule has 1 aliphatic heterocycles. The fourth-order valence-corrected chi connectivity index (χ4v) is 13.9. The minimum Gasteiger partial charge on any atom is -0.460 e. The topological polar surface area (TPSA) is 135 Å². The van der Waals surface area contributed by atoms with Crippen LogP contribution in [0, 0.1) is 44.8 Å². The molecule has 2 spiro atoms. The normalized spacial score (nSPS) is 44.8. The second kappa shape index (κ2) is 12.4. The number of ether oxygens (including phenoxy) is 3. The SMILES string of the molecule is CC(C)(C)OC(=O)N[C@@H](Cc1ccccc1)C(=O)O[C@H]1CC2C3(CC[C@]4(C)[C@@H]([C@@]5(C)CC[C@@H](C(C)(C)O)O5)[C@@H](O)C[C@@]24C)CC32CC[C@H](O)C(C)(C)[C@H]12. The van der Waals surface area contributed by atoms with Gasteiger partial charge in [0, 0.05) is 18.3 Å². The summed E-state index contributed by atoms with van der Waals surface area (Å²) in [6, 6.07) is 8.68. The highest BCUT2D eigenvalue weighted by molar-refractivity contribution is 5.82. The molecule has 5 aliphatic carbocycles. The predicted molar refractivity (Wildman–Crippen MR) is 202 cm³/mol. The van der Waals surface area contributed by atoms with Crippen LogP contribution in [0.3, 0.4) is 0 Å². The molecule has 6 fully saturated rings. The molecule has 3 unspecified atom stereocenters. The van der Waals surface area contributed by atoms with Gasteiger partial charge in [-0.25, -0.2) is 9.59 Å². The fourth-order valence-electron chi connectivity index (χ4n) is 13.9. The first-order chi connectivity index (χ1) is 24.4. The molecule has 4 N–H and O–H groups in total. The number of alkyl carbamates (subject to hydrolysis) is 1. The molecule has 0 radical (unpaired) electrons. The molecule has 1 amide bonds. The summed E-state index contributed by atoms with van der Waals surface area (Å²) in [5.41, 5.74) is -2.38. The van der Waals surface area contributed by atoms with Gasteiger partial charge in [-0.2, -0.15) is 0 Å². The van der Waals surface area contributed by atoms with Crippen molar-refractivity contribution < 1.29 is 39.1 Å². The van der Waals surface area contributed by atoms with E-state index < -0.39 is 58.6 Å². The number of aliphatic hydroxyl groups is 3. The van der Waals surface area contributed by atoms with E-state index in [0.29, 0.717) is 12.8 Å². The Morgan fingerprint density at radius 1 is 0.906 bits per heavy atom. The third-order valence-electron chi connectivity index (χ3n) is 16.3. The van der Waals surface area contributed by atoms with Crippen molar-refractivity contribution in [3.8, 4) is 0 Å². The number of hydrogen-bond donors (Lipinski definition) is 4. The van der Waals surface area contributed by atoms with Gasteiger partial charge in [-0.1, -0.05) is 58.0 Å². The van der Waals surface area contributed by atoms with Gasteiger partial charge in [0.1, 0.15) is 17.7 Å². The number of amides is 1. The van der Waals surface area contributed by atoms with Gasteiger partial charge in [0.05, 0.1) is 29.5 Å². The molecule has 1 aromatic rings. The summed E-state index contributed by atoms with van der Waals surface area (Å²) in [6.45, 7) is 20.2. The van der Waals surface area contributed by atoms with Crippen LogP contribution >= 0.6 is 0 Å². The number of fused-ring (bicyclic) bond motifs is 2. The minimum atomic E-state index is -0.965. The van der Waals surface area contributed by atoms with E-state index in [0.717, 1.165) is 50.5 Å². The number of esters is 1. The van der Waals surface area contributed by atoms with E-state index >= 15 is 0 Å². The molecule has 53 heavy (non-hydrogen) atoms. The van der Waals surface area contributed by atoms with E-state index in [1.807, 2.05) is 44.2 Å². The highest BCUT2D eigenvalue weighted by atomic mass is 16.6. The molecule has 6 aliphatic rings. The number of hydrogen-bond acceptors (Lipinski definition) is 8. The first-order valence-electron chi connectivity index (χ1n) is 20.4. The molecule has 1 saturated heterocycles. The van der Waals surface area contributed by atoms with Gasteiger partial charge in [0.2, 0.25) is 0 Å². The lowest BCUT2D eigenvalue weighted by molar-refractivity contribution is -0.221. The average Bonchev–Trinajstić information content (AvgIpc) is 3.40. The van der Waals surface area contributed by atoms with Crippen molar-refractivity contribution in [1.29, 1.82) is 0 Å². The molecule has 0 aromatic heterocycles. The van der Waals surface area contributed by atoms with Crippen LogP contribution in [0.1, 0.15) is 133 Å². The number of benzene rings is 1. The van der Waals surface area contributed by atoms with Crippen molar-refractivity contribution in [2.45, 2.75) is 181 Å². The standard InChI is InChI=1S/C44H67NO8/c1-37(2,3)53-36(49)45-27(22-26-14-12-11-13-15-26)35(48)51-29-23-30-41(9)24-28(46)33(42(10)18-17-32(52-42)39(6,7)50)40(41,8)20-21-43(30)25-44(43)19-16-31(47)38(4,5)34(29)44/h11-15,27-34,46-47,50H,16-25H2,1-10H3,(H,45,49)/t27-,28-,29-,30?,31-,32-,33-,34-,40+,41-,42+,43?,44?/m0/s1. The van der Waals surface area contributed by atoms with Gasteiger partial charge in [-0.05, 0) is 138 Å². The Kier molecular flexibility index (Phi) is 9.14. The molecule has 9 nitrogen and oxygen atoms in total. The Morgan fingerprint density at radius 2 is 1.58 bits per heavy atom. The summed E-state index contributed by atoms with van der Waals surface area (Å²) in [7, 11) is 0. The monoisotopic (exact) mass is 737 g/mol. The first-order valence-corrected chi connectivity index (χ1v) is 20.4. The summed E-state index contributed by atoms with van der Waals surface area (Å²) >= 11 is 0. The Morgan fingerprint density at radius 3 is 2.21 bits per heavy atom. The summed E-state index contributed by atoms with van der Waals surface area (Å²) in [5, 5.41) is 37.5. The van der Waals surface area contributed by atoms with E-state index in [4.69, 9.17) is 14.2 Å². The number of aliphatic hydroxyl groups excluding tert-OH is 2. The summed E-state index contributed by atoms with van der Waals surface area (Å²) in [4.78, 5) is 27.7. The first kappa shape index (κ1) is 39.1. The summed E-state index contributed by atoms with van der Waals surface area (Å²) < 4.78 is 19.1. The molecule has 1 heterocycles. The molecule has 7 rings (SSSR count). The Bertz CT molecular complexity index is 1580. The van der Waals surface area contributed by atoms with Crippen LogP contribution in [0.2, 0.25) is 0 Å². The van der Waals surface area contributed by atoms with Crippen molar-refractivity contribution in [3.63, 3.8) is 0 Å². The van der Waals surface area contributed by atoms with Crippen LogP contribution in [0.5, 0.6) is 0 Å². The van der Waals surface area contributed by atoms with Crippen LogP contribution in [-0.2, 0) is 25.4 Å². The lowest BCUT2D eigenvalue weighted by atomic mass is 9.41. The molecule has 9 heteroatoms. The average molecular weight is 738 g/mol. The Labute approximate surface area is 317 Å². The van der Waals surface area contributed by atoms with Crippen molar-refractivity contribution in [2.75, 3.05) is 0 Å². The zero-order valence-electron chi connectivity index (χ0n) is 34.0. The number of carbonyl (C=O) groups excluding carboxylic acids is 2. The quantitative estimate of drug-likeness (QED) is 0.218. The minimum absolute atomic E-state index is 0.0452. The van der Waals surface area contributed by atoms with Crippen molar-refractivity contribution in [2.24, 2.45) is 44.8 Å². The lowest BCUT2D eigenvalue weighted by Gasteiger charge is -2.64. The van der Waals surface area contributed by atoms with Crippen LogP contribution in [-0.4, -0.2) is 74.6 Å². The van der Waals surface area contributed by atoms with E-state index in [1.54, 1.807) is 20.8 Å². The van der Waals surface area contributed by atoms with Gasteiger partial charge in [0.25, 0.3) is 0 Å². The summed E-state index contributed by atoms with van der Waals surface area (Å²) in [6.07, 6.45) is 5.28. The number of rotatable bonds is 7. The van der Waals surface area contributed by atoms with E-state index in [9.17, 15) is 24.9 Å². The van der Waals surface area contributed by atoms with Crippen molar-refractivity contribution in [3.05, 3.63) is 35.9 Å². The van der Waals surface area contributed by atoms with Gasteiger partial charge < -0.3 is 34.8 Å². The summed E-state index contributed by atoms with van der Waals surface area (Å²) in [5.74, 6) is -0.441. The van der Waals surface area contributed by atoms with Gasteiger partial charge >= 0.3 is 12.1 Å². The molecule has 5 saturated carbocycles. The maximum Gasteiger partial charge on any atom is 0.408 e. The Hall–Kier alpha value is -2.20. The highest BCUT2D eigenvalue weighted by Crippen LogP contribution is 2.89. The molecule has 296 valence electrons. The molecule has 0 bridgehead atoms. The lowest BCUT2D eigenvalue weighted by Crippen LogP contribution is -2.63. The van der Waals surface area contributed by atoms with Crippen LogP contribution in [0.25, 0.3) is 0 Å². The molecular formula is C44H67NO8. The van der Waals surface area contributed by atoms with E-state index in [-0.39, 0.29) is 51.9 Å². The second-order valence-electron chi connectivity index (χ2n) is 21.2. The van der Waals surface area contributed by atoms with Crippen LogP contribution < -0.4 is 5.32 Å². The molecule has 1 aromatic carbocycles. The van der Waals surface area contributed by atoms with Gasteiger partial charge in [-0.3, -0.25) is 0 Å². The highest BCUT2D eigenvalue weighted by Gasteiger charge is 2.85. The smallest absolute Gasteiger partial charge is 0.408 e. The number of nitrogens with one attached hydrogen (secondary N) is 1. The maximum atomic E-state index is 14.5. The van der Waals surface area contributed by atoms with Crippen LogP contribution in [0.4, 0.5) is 4.79 Å². The zero-order chi connectivity index (χ0) is 38.8. The zero-order valence-corrected chi connectivity index (χ0v) is 34.0. The van der Waals surface area contributed by atoms with Crippen molar-refractivity contribution in [1.82, 2.24) is 5.32 Å². The third-order valence-corrected chi connectivity index (χ3v) is 16.3. The van der Waals surface area contributed by atoms with Crippen molar-refractivity contribution >= 4 is 12.1 Å². The molecular weight excluding hydrogens is 670 g/mol. The number of carbonyl (C=O) groups is 2. The van der Waals surface area contributed by atoms with Crippen LogP contribution in [0.15, 0.2) is 30.3 Å². The molecule has 13 atom stereocenters. The largest absolute Gasteiger partial charge is 0.460 e. The maximum absolute atomic E-state index is 14.5. The van der Waals surface area contributed by atoms with E-state index in [2.05, 4.69) is 39.9 Å². The van der Waals surface area contributed by atoms with Gasteiger partial charge in [0.15, 0.2) is 0 Å². The third kappa shape index (κ3) is 5.99. The predicted octanol–water partition coefficient (Wildman–Crippen LogP) is 7.12.